The SMILES string of the molecule is CC(C)OC(=O)c1ccc(N2C(=O)C(Nc3cccc(Cl)c3)=C(Sc3ccccc3)C2=O)cc1. The van der Waals surface area contributed by atoms with Crippen LogP contribution in [0, 0.1) is 0 Å². The predicted octanol–water partition coefficient (Wildman–Crippen LogP) is 5.89. The van der Waals surface area contributed by atoms with Gasteiger partial charge in [0.15, 0.2) is 0 Å². The van der Waals surface area contributed by atoms with Crippen LogP contribution in [-0.2, 0) is 14.3 Å². The van der Waals surface area contributed by atoms with E-state index in [2.05, 4.69) is 5.32 Å². The van der Waals surface area contributed by atoms with Crippen molar-refractivity contribution in [2.24, 2.45) is 0 Å². The topological polar surface area (TPSA) is 75.7 Å². The second kappa shape index (κ2) is 10.2. The molecule has 0 fully saturated rings. The molecule has 0 radical (unpaired) electrons. The van der Waals surface area contributed by atoms with Crippen molar-refractivity contribution in [1.82, 2.24) is 0 Å². The third kappa shape index (κ3) is 5.16. The van der Waals surface area contributed by atoms with Crippen LogP contribution >= 0.6 is 23.4 Å². The van der Waals surface area contributed by atoms with Gasteiger partial charge in [0.05, 0.1) is 17.4 Å². The van der Waals surface area contributed by atoms with Crippen molar-refractivity contribution in [3.63, 3.8) is 0 Å². The molecule has 0 saturated carbocycles. The Balaban J connectivity index is 1.67. The maximum absolute atomic E-state index is 13.4. The average Bonchev–Trinajstić information content (AvgIpc) is 3.03. The molecule has 1 aliphatic rings. The number of imide groups is 1. The van der Waals surface area contributed by atoms with E-state index in [0.717, 1.165) is 9.80 Å². The van der Waals surface area contributed by atoms with Gasteiger partial charge in [0.2, 0.25) is 0 Å². The van der Waals surface area contributed by atoms with E-state index in [-0.39, 0.29) is 16.7 Å². The van der Waals surface area contributed by atoms with Gasteiger partial charge in [-0.25, -0.2) is 9.69 Å². The number of benzene rings is 3. The first-order valence-electron chi connectivity index (χ1n) is 10.5. The molecule has 2 amide bonds. The number of amides is 2. The van der Waals surface area contributed by atoms with Crippen LogP contribution in [0.2, 0.25) is 5.02 Å². The molecule has 0 aromatic heterocycles. The molecule has 172 valence electrons. The Morgan fingerprint density at radius 1 is 0.941 bits per heavy atom. The second-order valence-electron chi connectivity index (χ2n) is 7.70. The molecule has 0 bridgehead atoms. The first kappa shape index (κ1) is 23.6. The van der Waals surface area contributed by atoms with E-state index in [4.69, 9.17) is 16.3 Å². The zero-order valence-corrected chi connectivity index (χ0v) is 20.0. The molecule has 8 heteroatoms. The highest BCUT2D eigenvalue weighted by Gasteiger charge is 2.40. The summed E-state index contributed by atoms with van der Waals surface area (Å²) < 4.78 is 5.20. The summed E-state index contributed by atoms with van der Waals surface area (Å²) in [7, 11) is 0. The van der Waals surface area contributed by atoms with Crippen LogP contribution in [0.3, 0.4) is 0 Å². The van der Waals surface area contributed by atoms with Crippen LogP contribution in [0.25, 0.3) is 0 Å². The number of hydrogen-bond acceptors (Lipinski definition) is 6. The molecule has 34 heavy (non-hydrogen) atoms. The first-order chi connectivity index (χ1) is 16.3. The van der Waals surface area contributed by atoms with Gasteiger partial charge in [0.25, 0.3) is 11.8 Å². The number of hydrogen-bond donors (Lipinski definition) is 1. The van der Waals surface area contributed by atoms with E-state index >= 15 is 0 Å². The van der Waals surface area contributed by atoms with E-state index in [1.165, 1.54) is 23.9 Å². The van der Waals surface area contributed by atoms with Gasteiger partial charge in [-0.05, 0) is 68.4 Å². The Labute approximate surface area is 206 Å². The lowest BCUT2D eigenvalue weighted by Crippen LogP contribution is -2.32. The van der Waals surface area contributed by atoms with Crippen LogP contribution in [0.1, 0.15) is 24.2 Å². The Hall–Kier alpha value is -3.55. The van der Waals surface area contributed by atoms with E-state index in [1.807, 2.05) is 30.3 Å². The molecule has 0 unspecified atom stereocenters. The minimum absolute atomic E-state index is 0.157. The molecular formula is C26H21ClN2O4S. The number of ether oxygens (including phenoxy) is 1. The van der Waals surface area contributed by atoms with E-state index in [0.29, 0.717) is 22.0 Å². The lowest BCUT2D eigenvalue weighted by Gasteiger charge is -2.16. The summed E-state index contributed by atoms with van der Waals surface area (Å²) in [5, 5.41) is 3.57. The van der Waals surface area contributed by atoms with Gasteiger partial charge >= 0.3 is 5.97 Å². The van der Waals surface area contributed by atoms with Crippen LogP contribution in [-0.4, -0.2) is 23.9 Å². The van der Waals surface area contributed by atoms with Crippen molar-refractivity contribution in [2.45, 2.75) is 24.8 Å². The van der Waals surface area contributed by atoms with Gasteiger partial charge < -0.3 is 10.1 Å². The third-order valence-corrected chi connectivity index (χ3v) is 6.13. The van der Waals surface area contributed by atoms with E-state index < -0.39 is 17.8 Å². The highest BCUT2D eigenvalue weighted by Crippen LogP contribution is 2.38. The summed E-state index contributed by atoms with van der Waals surface area (Å²) >= 11 is 7.30. The minimum Gasteiger partial charge on any atom is -0.459 e. The Morgan fingerprint density at radius 2 is 1.65 bits per heavy atom. The van der Waals surface area contributed by atoms with Crippen molar-refractivity contribution in [3.05, 3.63) is 100 Å². The lowest BCUT2D eigenvalue weighted by molar-refractivity contribution is -0.120. The van der Waals surface area contributed by atoms with Crippen molar-refractivity contribution in [2.75, 3.05) is 10.2 Å². The molecule has 0 saturated heterocycles. The summed E-state index contributed by atoms with van der Waals surface area (Å²) in [6, 6.07) is 22.4. The number of thioether (sulfide) groups is 1. The standard InChI is InChI=1S/C26H21ClN2O4S/c1-16(2)33-26(32)17-11-13-20(14-12-17)29-24(30)22(28-19-8-6-7-18(27)15-19)23(25(29)31)34-21-9-4-3-5-10-21/h3-16,28H,1-2H3. The predicted molar refractivity (Wildman–Crippen MR) is 134 cm³/mol. The maximum atomic E-state index is 13.4. The quantitative estimate of drug-likeness (QED) is 0.327. The summed E-state index contributed by atoms with van der Waals surface area (Å²) in [6.07, 6.45) is -0.254. The van der Waals surface area contributed by atoms with Crippen molar-refractivity contribution in [1.29, 1.82) is 0 Å². The van der Waals surface area contributed by atoms with Gasteiger partial charge in [-0.15, -0.1) is 0 Å². The number of nitrogens with zero attached hydrogens (tertiary/aromatic N) is 1. The number of carbonyl (C=O) groups excluding carboxylic acids is 3. The fraction of sp³-hybridized carbons (Fsp3) is 0.115. The van der Waals surface area contributed by atoms with E-state index in [9.17, 15) is 14.4 Å². The monoisotopic (exact) mass is 492 g/mol. The number of halogens is 1. The highest BCUT2D eigenvalue weighted by molar-refractivity contribution is 8.04. The van der Waals surface area contributed by atoms with Crippen LogP contribution in [0.15, 0.2) is 94.4 Å². The summed E-state index contributed by atoms with van der Waals surface area (Å²) in [5.41, 5.74) is 1.43. The molecule has 1 heterocycles. The minimum atomic E-state index is -0.499. The van der Waals surface area contributed by atoms with E-state index in [1.54, 1.807) is 50.2 Å². The molecule has 1 aliphatic heterocycles. The van der Waals surface area contributed by atoms with Crippen LogP contribution < -0.4 is 10.2 Å². The fourth-order valence-corrected chi connectivity index (χ4v) is 4.43. The Bertz CT molecular complexity index is 1270. The van der Waals surface area contributed by atoms with Gasteiger partial charge in [-0.1, -0.05) is 47.6 Å². The summed E-state index contributed by atoms with van der Waals surface area (Å²) in [4.78, 5) is 41.2. The molecule has 4 rings (SSSR count). The first-order valence-corrected chi connectivity index (χ1v) is 11.7. The van der Waals surface area contributed by atoms with Crippen molar-refractivity contribution < 1.29 is 19.1 Å². The molecule has 0 atom stereocenters. The third-order valence-electron chi connectivity index (χ3n) is 4.80. The molecule has 3 aromatic carbocycles. The molecule has 0 spiro atoms. The molecule has 1 N–H and O–H groups in total. The van der Waals surface area contributed by atoms with Crippen molar-refractivity contribution in [3.8, 4) is 0 Å². The lowest BCUT2D eigenvalue weighted by atomic mass is 10.2. The zero-order valence-electron chi connectivity index (χ0n) is 18.4. The van der Waals surface area contributed by atoms with Gasteiger partial charge in [-0.2, -0.15) is 0 Å². The molecule has 3 aromatic rings. The van der Waals surface area contributed by atoms with Crippen LogP contribution in [0.5, 0.6) is 0 Å². The Kier molecular flexibility index (Phi) is 7.05. The molecule has 6 nitrogen and oxygen atoms in total. The zero-order chi connectivity index (χ0) is 24.2. The highest BCUT2D eigenvalue weighted by atomic mass is 35.5. The number of esters is 1. The molecular weight excluding hydrogens is 472 g/mol. The van der Waals surface area contributed by atoms with Crippen LogP contribution in [0.4, 0.5) is 11.4 Å². The average molecular weight is 493 g/mol. The molecule has 0 aliphatic carbocycles. The van der Waals surface area contributed by atoms with Gasteiger partial charge in [0.1, 0.15) is 10.6 Å². The van der Waals surface area contributed by atoms with Crippen molar-refractivity contribution >= 4 is 52.5 Å². The van der Waals surface area contributed by atoms with Gasteiger partial charge in [-0.3, -0.25) is 9.59 Å². The second-order valence-corrected chi connectivity index (χ2v) is 9.22. The number of carbonyl (C=O) groups is 3. The number of nitrogens with one attached hydrogen (secondary N) is 1. The smallest absolute Gasteiger partial charge is 0.338 e. The number of anilines is 2. The summed E-state index contributed by atoms with van der Waals surface area (Å²) in [6.45, 7) is 3.53. The maximum Gasteiger partial charge on any atom is 0.338 e. The largest absolute Gasteiger partial charge is 0.459 e. The summed E-state index contributed by atoms with van der Waals surface area (Å²) in [5.74, 6) is -1.43. The Morgan fingerprint density at radius 3 is 2.29 bits per heavy atom. The van der Waals surface area contributed by atoms with Gasteiger partial charge in [0, 0.05) is 15.6 Å². The number of rotatable bonds is 7. The fourth-order valence-electron chi connectivity index (χ4n) is 3.29. The normalized spacial score (nSPS) is 13.6.